The first-order valence-electron chi connectivity index (χ1n) is 9.31. The number of carbonyl (C=O) groups is 1. The largest absolute Gasteiger partial charge is 0.490 e. The van der Waals surface area contributed by atoms with Crippen molar-refractivity contribution in [1.82, 2.24) is 5.32 Å². The van der Waals surface area contributed by atoms with Gasteiger partial charge in [0.2, 0.25) is 0 Å². The van der Waals surface area contributed by atoms with Gasteiger partial charge < -0.3 is 23.9 Å². The average molecular weight is 458 g/mol. The predicted molar refractivity (Wildman–Crippen MR) is 110 cm³/mol. The van der Waals surface area contributed by atoms with Crippen LogP contribution in [0.1, 0.15) is 28.3 Å². The van der Waals surface area contributed by atoms with Crippen molar-refractivity contribution in [3.8, 4) is 17.2 Å². The Kier molecular flexibility index (Phi) is 6.05. The van der Waals surface area contributed by atoms with E-state index in [9.17, 15) is 4.79 Å². The van der Waals surface area contributed by atoms with Gasteiger partial charge >= 0.3 is 0 Å². The molecule has 0 radical (unpaired) electrons. The van der Waals surface area contributed by atoms with Gasteiger partial charge in [0.15, 0.2) is 17.3 Å². The van der Waals surface area contributed by atoms with E-state index in [1.54, 1.807) is 12.1 Å². The minimum absolute atomic E-state index is 0.244. The molecule has 7 heteroatoms. The third-order valence-electron chi connectivity index (χ3n) is 4.35. The fourth-order valence-corrected chi connectivity index (χ4v) is 3.11. The molecule has 6 nitrogen and oxygen atoms in total. The molecule has 4 rings (SSSR count). The van der Waals surface area contributed by atoms with Crippen LogP contribution < -0.4 is 19.5 Å². The lowest BCUT2D eigenvalue weighted by Crippen LogP contribution is -2.22. The van der Waals surface area contributed by atoms with Crippen molar-refractivity contribution in [2.24, 2.45) is 0 Å². The molecule has 1 aliphatic heterocycles. The number of benzene rings is 2. The highest BCUT2D eigenvalue weighted by atomic mass is 79.9. The number of hydrogen-bond donors (Lipinski definition) is 1. The van der Waals surface area contributed by atoms with Crippen LogP contribution >= 0.6 is 15.9 Å². The topological polar surface area (TPSA) is 69.9 Å². The highest BCUT2D eigenvalue weighted by molar-refractivity contribution is 9.10. The van der Waals surface area contributed by atoms with Crippen LogP contribution in [0.3, 0.4) is 0 Å². The number of carbonyl (C=O) groups excluding carboxylic acids is 1. The molecular formula is C22H20BrNO5. The van der Waals surface area contributed by atoms with Crippen molar-refractivity contribution in [1.29, 1.82) is 0 Å². The van der Waals surface area contributed by atoms with Crippen molar-refractivity contribution in [2.75, 3.05) is 13.2 Å². The third-order valence-corrected chi connectivity index (χ3v) is 4.87. The smallest absolute Gasteiger partial charge is 0.287 e. The summed E-state index contributed by atoms with van der Waals surface area (Å²) in [7, 11) is 0. The molecule has 1 aromatic heterocycles. The SMILES string of the molecule is O=C(NCc1ccc2c(c1)OCCCO2)c1ccc(COc2ccc(Br)cc2)o1. The third kappa shape index (κ3) is 5.12. The molecule has 1 aliphatic rings. The standard InChI is InChI=1S/C22H20BrNO5/c23-16-3-5-17(6-4-16)28-14-18-7-9-20(29-18)22(25)24-13-15-2-8-19-21(12-15)27-11-1-10-26-19/h2-9,12H,1,10-11,13-14H2,(H,24,25). The zero-order valence-electron chi connectivity index (χ0n) is 15.7. The molecule has 0 saturated carbocycles. The Labute approximate surface area is 176 Å². The van der Waals surface area contributed by atoms with Crippen LogP contribution in [0.5, 0.6) is 17.2 Å². The second kappa shape index (κ2) is 9.05. The fourth-order valence-electron chi connectivity index (χ4n) is 2.85. The molecule has 0 bridgehead atoms. The summed E-state index contributed by atoms with van der Waals surface area (Å²) in [5, 5.41) is 2.86. The van der Waals surface area contributed by atoms with E-state index < -0.39 is 0 Å². The lowest BCUT2D eigenvalue weighted by molar-refractivity contribution is 0.0919. The number of furan rings is 1. The van der Waals surface area contributed by atoms with E-state index in [2.05, 4.69) is 21.2 Å². The Bertz CT molecular complexity index is 983. The molecule has 1 N–H and O–H groups in total. The molecule has 0 unspecified atom stereocenters. The average Bonchev–Trinajstić information content (AvgIpc) is 3.09. The van der Waals surface area contributed by atoms with E-state index >= 15 is 0 Å². The summed E-state index contributed by atoms with van der Waals surface area (Å²) >= 11 is 3.38. The number of ether oxygens (including phenoxy) is 3. The maximum Gasteiger partial charge on any atom is 0.287 e. The first kappa shape index (κ1) is 19.4. The van der Waals surface area contributed by atoms with E-state index in [0.29, 0.717) is 31.3 Å². The predicted octanol–water partition coefficient (Wildman–Crippen LogP) is 4.71. The lowest BCUT2D eigenvalue weighted by Gasteiger charge is -2.09. The highest BCUT2D eigenvalue weighted by Crippen LogP contribution is 2.30. The van der Waals surface area contributed by atoms with E-state index in [1.165, 1.54) is 0 Å². The number of nitrogens with one attached hydrogen (secondary N) is 1. The van der Waals surface area contributed by atoms with Gasteiger partial charge in [-0.2, -0.15) is 0 Å². The van der Waals surface area contributed by atoms with Gasteiger partial charge in [0.25, 0.3) is 5.91 Å². The van der Waals surface area contributed by atoms with Crippen LogP contribution in [0.25, 0.3) is 0 Å². The van der Waals surface area contributed by atoms with Crippen LogP contribution in [-0.2, 0) is 13.2 Å². The molecule has 2 aromatic carbocycles. The molecule has 0 atom stereocenters. The molecule has 0 aliphatic carbocycles. The monoisotopic (exact) mass is 457 g/mol. The summed E-state index contributed by atoms with van der Waals surface area (Å²) in [5.74, 6) is 2.71. The number of rotatable bonds is 6. The van der Waals surface area contributed by atoms with Gasteiger partial charge in [0.05, 0.1) is 13.2 Å². The molecular weight excluding hydrogens is 438 g/mol. The van der Waals surface area contributed by atoms with Gasteiger partial charge in [0, 0.05) is 17.4 Å². The minimum Gasteiger partial charge on any atom is -0.490 e. The Hall–Kier alpha value is -2.93. The van der Waals surface area contributed by atoms with Crippen LogP contribution in [0.4, 0.5) is 0 Å². The molecule has 0 fully saturated rings. The molecule has 29 heavy (non-hydrogen) atoms. The summed E-state index contributed by atoms with van der Waals surface area (Å²) in [6.07, 6.45) is 0.854. The van der Waals surface area contributed by atoms with Crippen LogP contribution in [0.2, 0.25) is 0 Å². The summed E-state index contributed by atoms with van der Waals surface area (Å²) in [6, 6.07) is 16.6. The maximum absolute atomic E-state index is 12.4. The van der Waals surface area contributed by atoms with Crippen LogP contribution in [-0.4, -0.2) is 19.1 Å². The fraction of sp³-hybridized carbons (Fsp3) is 0.227. The Morgan fingerprint density at radius 2 is 1.79 bits per heavy atom. The van der Waals surface area contributed by atoms with Crippen LogP contribution in [0, 0.1) is 0 Å². The first-order chi connectivity index (χ1) is 14.2. The van der Waals surface area contributed by atoms with E-state index in [0.717, 1.165) is 28.0 Å². The highest BCUT2D eigenvalue weighted by Gasteiger charge is 2.14. The molecule has 2 heterocycles. The summed E-state index contributed by atoms with van der Waals surface area (Å²) in [6.45, 7) is 1.88. The van der Waals surface area contributed by atoms with Gasteiger partial charge in [-0.15, -0.1) is 0 Å². The molecule has 0 spiro atoms. The van der Waals surface area contributed by atoms with Crippen LogP contribution in [0.15, 0.2) is 63.5 Å². The second-order valence-electron chi connectivity index (χ2n) is 6.52. The quantitative estimate of drug-likeness (QED) is 0.580. The van der Waals surface area contributed by atoms with Crippen molar-refractivity contribution < 1.29 is 23.4 Å². The summed E-state index contributed by atoms with van der Waals surface area (Å²) in [5.41, 5.74) is 0.924. The zero-order valence-corrected chi connectivity index (χ0v) is 17.2. The van der Waals surface area contributed by atoms with Crippen molar-refractivity contribution in [2.45, 2.75) is 19.6 Å². The minimum atomic E-state index is -0.285. The van der Waals surface area contributed by atoms with E-state index in [1.807, 2.05) is 42.5 Å². The Balaban J connectivity index is 1.31. The van der Waals surface area contributed by atoms with Crippen molar-refractivity contribution in [3.63, 3.8) is 0 Å². The van der Waals surface area contributed by atoms with Crippen molar-refractivity contribution >= 4 is 21.8 Å². The van der Waals surface area contributed by atoms with Gasteiger partial charge in [-0.3, -0.25) is 4.79 Å². The Morgan fingerprint density at radius 3 is 2.62 bits per heavy atom. The molecule has 0 saturated heterocycles. The zero-order chi connectivity index (χ0) is 20.1. The molecule has 150 valence electrons. The lowest BCUT2D eigenvalue weighted by atomic mass is 10.2. The first-order valence-corrected chi connectivity index (χ1v) is 10.1. The maximum atomic E-state index is 12.4. The molecule has 3 aromatic rings. The van der Waals surface area contributed by atoms with Gasteiger partial charge in [-0.1, -0.05) is 22.0 Å². The van der Waals surface area contributed by atoms with E-state index in [-0.39, 0.29) is 18.3 Å². The second-order valence-corrected chi connectivity index (χ2v) is 7.44. The van der Waals surface area contributed by atoms with Gasteiger partial charge in [-0.25, -0.2) is 0 Å². The summed E-state index contributed by atoms with van der Waals surface area (Å²) < 4.78 is 23.5. The van der Waals surface area contributed by atoms with Gasteiger partial charge in [0.1, 0.15) is 18.1 Å². The molecule has 1 amide bonds. The number of hydrogen-bond acceptors (Lipinski definition) is 5. The number of fused-ring (bicyclic) bond motifs is 1. The number of amides is 1. The number of halogens is 1. The van der Waals surface area contributed by atoms with Gasteiger partial charge in [-0.05, 0) is 54.1 Å². The summed E-state index contributed by atoms with van der Waals surface area (Å²) in [4.78, 5) is 12.4. The normalized spacial score (nSPS) is 12.9. The van der Waals surface area contributed by atoms with Crippen molar-refractivity contribution in [3.05, 3.63) is 76.2 Å². The van der Waals surface area contributed by atoms with E-state index in [4.69, 9.17) is 18.6 Å². The Morgan fingerprint density at radius 1 is 1.00 bits per heavy atom.